The highest BCUT2D eigenvalue weighted by Gasteiger charge is 2.55. The molecule has 23 heavy (non-hydrogen) atoms. The number of tetrazole rings is 1. The van der Waals surface area contributed by atoms with Gasteiger partial charge >= 0.3 is 6.03 Å². The van der Waals surface area contributed by atoms with E-state index in [-0.39, 0.29) is 18.0 Å². The highest BCUT2D eigenvalue weighted by Crippen LogP contribution is 2.35. The summed E-state index contributed by atoms with van der Waals surface area (Å²) in [5.41, 5.74) is -0.779. The van der Waals surface area contributed by atoms with Crippen LogP contribution in [0, 0.1) is 0 Å². The summed E-state index contributed by atoms with van der Waals surface area (Å²) in [7, 11) is 0. The van der Waals surface area contributed by atoms with Gasteiger partial charge in [0.2, 0.25) is 0 Å². The number of aromatic nitrogens is 4. The molecule has 2 aliphatic heterocycles. The second-order valence-corrected chi connectivity index (χ2v) is 7.01. The van der Waals surface area contributed by atoms with Crippen molar-refractivity contribution >= 4 is 11.9 Å². The Bertz CT molecular complexity index is 653. The van der Waals surface area contributed by atoms with E-state index in [1.807, 2.05) is 18.5 Å². The van der Waals surface area contributed by atoms with Crippen molar-refractivity contribution in [3.05, 3.63) is 5.82 Å². The number of urea groups is 1. The summed E-state index contributed by atoms with van der Waals surface area (Å²) >= 11 is 0. The molecular formula is C14H21N7O2. The Balaban J connectivity index is 1.48. The van der Waals surface area contributed by atoms with Gasteiger partial charge in [-0.05, 0) is 43.5 Å². The second kappa shape index (κ2) is 4.98. The van der Waals surface area contributed by atoms with Gasteiger partial charge in [0.25, 0.3) is 5.91 Å². The van der Waals surface area contributed by atoms with Crippen LogP contribution in [0.1, 0.15) is 45.0 Å². The van der Waals surface area contributed by atoms with Gasteiger partial charge < -0.3 is 5.32 Å². The number of carbonyl (C=O) groups is 2. The molecule has 0 unspecified atom stereocenters. The van der Waals surface area contributed by atoms with E-state index in [1.165, 1.54) is 4.90 Å². The molecule has 1 N–H and O–H groups in total. The normalized spacial score (nSPS) is 28.4. The van der Waals surface area contributed by atoms with Gasteiger partial charge in [-0.25, -0.2) is 9.48 Å². The zero-order chi connectivity index (χ0) is 16.2. The minimum atomic E-state index is -0.779. The van der Waals surface area contributed by atoms with Crippen molar-refractivity contribution in [2.45, 2.75) is 57.3 Å². The van der Waals surface area contributed by atoms with Crippen molar-refractivity contribution in [3.8, 4) is 0 Å². The van der Waals surface area contributed by atoms with Crippen LogP contribution in [0.25, 0.3) is 0 Å². The van der Waals surface area contributed by atoms with Gasteiger partial charge in [0, 0.05) is 19.1 Å². The van der Waals surface area contributed by atoms with Crippen molar-refractivity contribution in [2.24, 2.45) is 0 Å². The largest absolute Gasteiger partial charge is 0.325 e. The summed E-state index contributed by atoms with van der Waals surface area (Å²) in [5, 5.41) is 14.8. The highest BCUT2D eigenvalue weighted by atomic mass is 16.2. The molecule has 0 radical (unpaired) electrons. The Hall–Kier alpha value is -2.03. The van der Waals surface area contributed by atoms with Crippen molar-refractivity contribution in [1.29, 1.82) is 0 Å². The number of hydrogen-bond donors (Lipinski definition) is 1. The maximum atomic E-state index is 12.7. The molecule has 9 heteroatoms. The van der Waals surface area contributed by atoms with Crippen LogP contribution < -0.4 is 5.32 Å². The van der Waals surface area contributed by atoms with Gasteiger partial charge in [-0.3, -0.25) is 14.6 Å². The maximum absolute atomic E-state index is 12.7. The van der Waals surface area contributed by atoms with Crippen LogP contribution >= 0.6 is 0 Å². The molecule has 1 aromatic rings. The molecule has 1 atom stereocenters. The van der Waals surface area contributed by atoms with E-state index < -0.39 is 5.54 Å². The lowest BCUT2D eigenvalue weighted by Gasteiger charge is -2.23. The highest BCUT2D eigenvalue weighted by molar-refractivity contribution is 6.07. The Morgan fingerprint density at radius 1 is 1.35 bits per heavy atom. The Labute approximate surface area is 134 Å². The first-order valence-corrected chi connectivity index (χ1v) is 8.15. The van der Waals surface area contributed by atoms with Crippen molar-refractivity contribution in [1.82, 2.24) is 35.3 Å². The molecule has 1 aliphatic carbocycles. The predicted octanol–water partition coefficient (Wildman–Crippen LogP) is -0.0873. The quantitative estimate of drug-likeness (QED) is 0.779. The molecule has 3 fully saturated rings. The summed E-state index contributed by atoms with van der Waals surface area (Å²) in [5.74, 6) is 0.726. The summed E-state index contributed by atoms with van der Waals surface area (Å²) in [6.07, 6.45) is 2.88. The van der Waals surface area contributed by atoms with Crippen LogP contribution in [-0.2, 0) is 11.3 Å². The van der Waals surface area contributed by atoms with E-state index >= 15 is 0 Å². The van der Waals surface area contributed by atoms with Crippen LogP contribution in [0.4, 0.5) is 4.79 Å². The molecular weight excluding hydrogens is 298 g/mol. The fourth-order valence-corrected chi connectivity index (χ4v) is 3.53. The molecule has 1 aromatic heterocycles. The minimum Gasteiger partial charge on any atom is -0.322 e. The topological polar surface area (TPSA) is 96.2 Å². The Morgan fingerprint density at radius 2 is 2.13 bits per heavy atom. The molecule has 1 saturated carbocycles. The zero-order valence-electron chi connectivity index (χ0n) is 13.4. The second-order valence-electron chi connectivity index (χ2n) is 7.01. The average molecular weight is 319 g/mol. The van der Waals surface area contributed by atoms with Gasteiger partial charge in [-0.2, -0.15) is 0 Å². The summed E-state index contributed by atoms with van der Waals surface area (Å²) < 4.78 is 1.89. The van der Waals surface area contributed by atoms with E-state index in [0.717, 1.165) is 25.2 Å². The van der Waals surface area contributed by atoms with Crippen LogP contribution in [0.3, 0.4) is 0 Å². The molecule has 124 valence electrons. The van der Waals surface area contributed by atoms with Crippen molar-refractivity contribution in [2.75, 3.05) is 13.1 Å². The van der Waals surface area contributed by atoms with Gasteiger partial charge in [0.1, 0.15) is 5.54 Å². The Kier molecular flexibility index (Phi) is 3.15. The third-order valence-electron chi connectivity index (χ3n) is 4.88. The third kappa shape index (κ3) is 2.30. The molecule has 3 aliphatic rings. The van der Waals surface area contributed by atoms with E-state index in [9.17, 15) is 9.59 Å². The molecule has 0 bridgehead atoms. The number of likely N-dealkylation sites (tertiary alicyclic amines) is 1. The molecule has 0 aromatic carbocycles. The van der Waals surface area contributed by atoms with Crippen LogP contribution in [0.5, 0.6) is 0 Å². The fourth-order valence-electron chi connectivity index (χ4n) is 3.53. The number of rotatable bonds is 4. The van der Waals surface area contributed by atoms with Crippen LogP contribution in [-0.4, -0.2) is 66.6 Å². The van der Waals surface area contributed by atoms with E-state index in [2.05, 4.69) is 25.7 Å². The molecule has 9 nitrogen and oxygen atoms in total. The fraction of sp³-hybridized carbons (Fsp3) is 0.786. The smallest absolute Gasteiger partial charge is 0.322 e. The first kappa shape index (κ1) is 14.6. The lowest BCUT2D eigenvalue weighted by molar-refractivity contribution is -0.132. The Morgan fingerprint density at radius 3 is 2.78 bits per heavy atom. The average Bonchev–Trinajstić information content (AvgIpc) is 3.00. The number of carbonyl (C=O) groups excluding carboxylic acids is 2. The number of nitrogens with zero attached hydrogens (tertiary/aromatic N) is 6. The van der Waals surface area contributed by atoms with Gasteiger partial charge in [0.15, 0.2) is 5.82 Å². The molecule has 3 heterocycles. The molecule has 1 spiro atoms. The maximum Gasteiger partial charge on any atom is 0.325 e. The van der Waals surface area contributed by atoms with Crippen molar-refractivity contribution in [3.63, 3.8) is 0 Å². The van der Waals surface area contributed by atoms with Crippen LogP contribution in [0.15, 0.2) is 0 Å². The van der Waals surface area contributed by atoms with Gasteiger partial charge in [0.05, 0.1) is 12.6 Å². The molecule has 4 rings (SSSR count). The number of nitrogens with one attached hydrogen (secondary N) is 1. The number of amides is 3. The van der Waals surface area contributed by atoms with E-state index in [4.69, 9.17) is 0 Å². The number of hydrogen-bond acceptors (Lipinski definition) is 6. The van der Waals surface area contributed by atoms with E-state index in [0.29, 0.717) is 25.6 Å². The lowest BCUT2D eigenvalue weighted by Crippen LogP contribution is -2.49. The molecule has 2 saturated heterocycles. The van der Waals surface area contributed by atoms with Gasteiger partial charge in [-0.1, -0.05) is 0 Å². The van der Waals surface area contributed by atoms with Gasteiger partial charge in [-0.15, -0.1) is 5.10 Å². The first-order valence-electron chi connectivity index (χ1n) is 8.15. The van der Waals surface area contributed by atoms with E-state index in [1.54, 1.807) is 0 Å². The molecule has 3 amide bonds. The summed E-state index contributed by atoms with van der Waals surface area (Å²) in [4.78, 5) is 28.3. The SMILES string of the molecule is CC(C)N1C(=O)N[C@]2(CCN(Cc3nnnn3C3CC3)C2)C1=O. The monoisotopic (exact) mass is 319 g/mol. The standard InChI is InChI=1S/C14H21N7O2/c1-9(2)20-12(22)14(15-13(20)23)5-6-19(8-14)7-11-16-17-18-21(11)10-3-4-10/h9-10H,3-8H2,1-2H3,(H,15,23)/t14-/m0/s1. The lowest BCUT2D eigenvalue weighted by atomic mass is 9.98. The summed E-state index contributed by atoms with van der Waals surface area (Å²) in [6, 6.07) is 0.0218. The van der Waals surface area contributed by atoms with Crippen molar-refractivity contribution < 1.29 is 9.59 Å². The van der Waals surface area contributed by atoms with Crippen LogP contribution in [0.2, 0.25) is 0 Å². The third-order valence-corrected chi connectivity index (χ3v) is 4.88. The predicted molar refractivity (Wildman–Crippen MR) is 79.2 cm³/mol. The minimum absolute atomic E-state index is 0.109. The zero-order valence-corrected chi connectivity index (χ0v) is 13.4. The number of imide groups is 1. The first-order chi connectivity index (χ1) is 11.0. The summed E-state index contributed by atoms with van der Waals surface area (Å²) in [6.45, 7) is 5.57.